The van der Waals surface area contributed by atoms with E-state index in [0.29, 0.717) is 30.4 Å². The number of Topliss-reactive ketones (excluding diaryl/α,β-unsaturated/α-hetero) is 1. The first kappa shape index (κ1) is 30.9. The first-order chi connectivity index (χ1) is 19.6. The average Bonchev–Trinajstić information content (AvgIpc) is 3.16. The molecule has 8 heteroatoms. The van der Waals surface area contributed by atoms with E-state index >= 15 is 4.39 Å². The zero-order valence-corrected chi connectivity index (χ0v) is 26.1. The topological polar surface area (TPSA) is 97.7 Å². The van der Waals surface area contributed by atoms with E-state index in [2.05, 4.69) is 0 Å². The molecule has 4 aliphatic rings. The van der Waals surface area contributed by atoms with Crippen molar-refractivity contribution in [2.45, 2.75) is 95.8 Å². The van der Waals surface area contributed by atoms with Gasteiger partial charge in [0.2, 0.25) is 5.12 Å². The molecule has 0 aromatic heterocycles. The fourth-order valence-corrected chi connectivity index (χ4v) is 10.1. The number of fused-ring (bicyclic) bond motifs is 5. The van der Waals surface area contributed by atoms with Crippen LogP contribution in [0.3, 0.4) is 0 Å². The van der Waals surface area contributed by atoms with Gasteiger partial charge in [0.1, 0.15) is 0 Å². The number of hydrogen-bond acceptors (Lipinski definition) is 7. The van der Waals surface area contributed by atoms with Crippen molar-refractivity contribution in [3.8, 4) is 0 Å². The molecular weight excluding hydrogens is 555 g/mol. The zero-order valence-electron chi connectivity index (χ0n) is 25.2. The molecule has 6 nitrogen and oxygen atoms in total. The number of halogens is 1. The van der Waals surface area contributed by atoms with E-state index in [9.17, 15) is 24.3 Å². The maximum absolute atomic E-state index is 17.6. The van der Waals surface area contributed by atoms with Crippen LogP contribution in [0.15, 0.2) is 54.1 Å². The molecule has 1 aromatic rings. The lowest BCUT2D eigenvalue weighted by Crippen LogP contribution is -2.69. The molecule has 5 rings (SSSR count). The maximum atomic E-state index is 17.6. The predicted octanol–water partition coefficient (Wildman–Crippen LogP) is 6.22. The van der Waals surface area contributed by atoms with Crippen molar-refractivity contribution in [2.24, 2.45) is 28.6 Å². The molecule has 0 radical (unpaired) electrons. The van der Waals surface area contributed by atoms with Crippen LogP contribution in [0.4, 0.5) is 4.39 Å². The van der Waals surface area contributed by atoms with Crippen molar-refractivity contribution in [1.82, 2.24) is 0 Å². The zero-order chi connectivity index (χ0) is 30.9. The number of hydrogen-bond donors (Lipinski definition) is 1. The van der Waals surface area contributed by atoms with Gasteiger partial charge < -0.3 is 9.84 Å². The number of benzene rings is 1. The molecule has 3 fully saturated rings. The van der Waals surface area contributed by atoms with Crippen molar-refractivity contribution in [1.29, 1.82) is 0 Å². The van der Waals surface area contributed by atoms with Gasteiger partial charge in [-0.15, -0.1) is 0 Å². The Kier molecular flexibility index (Phi) is 7.54. The molecule has 0 saturated heterocycles. The van der Waals surface area contributed by atoms with Crippen LogP contribution >= 0.6 is 11.8 Å². The van der Waals surface area contributed by atoms with Crippen LogP contribution in [-0.2, 0) is 19.1 Å². The highest BCUT2D eigenvalue weighted by Gasteiger charge is 2.77. The highest BCUT2D eigenvalue weighted by atomic mass is 32.2. The second-order valence-corrected chi connectivity index (χ2v) is 15.2. The number of thioether (sulfide) groups is 1. The summed E-state index contributed by atoms with van der Waals surface area (Å²) >= 11 is 0.860. The molecule has 4 aliphatic carbocycles. The number of carbonyl (C=O) groups is 4. The van der Waals surface area contributed by atoms with Crippen molar-refractivity contribution >= 4 is 34.4 Å². The Labute approximate surface area is 251 Å². The average molecular weight is 597 g/mol. The van der Waals surface area contributed by atoms with Crippen LogP contribution < -0.4 is 0 Å². The van der Waals surface area contributed by atoms with E-state index in [-0.39, 0.29) is 30.3 Å². The summed E-state index contributed by atoms with van der Waals surface area (Å²) in [5, 5.41) is 11.3. The summed E-state index contributed by atoms with van der Waals surface area (Å²) in [6, 6.07) is 8.75. The smallest absolute Gasteiger partial charge is 0.306 e. The van der Waals surface area contributed by atoms with Gasteiger partial charge in [-0.2, -0.15) is 0 Å². The third kappa shape index (κ3) is 4.15. The Balaban J connectivity index is 1.57. The molecule has 8 atom stereocenters. The van der Waals surface area contributed by atoms with Gasteiger partial charge in [-0.05, 0) is 64.5 Å². The molecule has 0 heterocycles. The predicted molar refractivity (Wildman–Crippen MR) is 159 cm³/mol. The van der Waals surface area contributed by atoms with E-state index in [4.69, 9.17) is 4.74 Å². The van der Waals surface area contributed by atoms with Crippen LogP contribution in [-0.4, -0.2) is 49.9 Å². The molecule has 0 spiro atoms. The Hall–Kier alpha value is -2.58. The van der Waals surface area contributed by atoms with Crippen molar-refractivity contribution in [2.75, 3.05) is 0 Å². The summed E-state index contributed by atoms with van der Waals surface area (Å²) < 4.78 is 22.7. The van der Waals surface area contributed by atoms with E-state index in [1.807, 2.05) is 19.9 Å². The maximum Gasteiger partial charge on any atom is 0.306 e. The van der Waals surface area contributed by atoms with Crippen LogP contribution in [0.2, 0.25) is 0 Å². The normalized spacial score (nSPS) is 39.0. The molecule has 0 unspecified atom stereocenters. The summed E-state index contributed by atoms with van der Waals surface area (Å²) in [5.41, 5.74) is -4.83. The van der Waals surface area contributed by atoms with Crippen molar-refractivity contribution < 1.29 is 33.4 Å². The lowest BCUT2D eigenvalue weighted by Gasteiger charge is -2.62. The summed E-state index contributed by atoms with van der Waals surface area (Å²) in [6.07, 6.45) is 4.27. The van der Waals surface area contributed by atoms with Gasteiger partial charge in [0, 0.05) is 34.7 Å². The highest BCUT2D eigenvalue weighted by Crippen LogP contribution is 2.72. The van der Waals surface area contributed by atoms with Gasteiger partial charge in [-0.1, -0.05) is 74.5 Å². The van der Waals surface area contributed by atoms with E-state index < -0.39 is 55.9 Å². The number of allylic oxidation sites excluding steroid dienone is 4. The first-order valence-electron chi connectivity index (χ1n) is 14.9. The quantitative estimate of drug-likeness (QED) is 0.308. The van der Waals surface area contributed by atoms with E-state index in [0.717, 1.165) is 11.8 Å². The molecule has 42 heavy (non-hydrogen) atoms. The summed E-state index contributed by atoms with van der Waals surface area (Å²) in [6.45, 7) is 10.5. The number of alkyl halides is 1. The Morgan fingerprint density at radius 1 is 1.14 bits per heavy atom. The Bertz CT molecular complexity index is 1390. The van der Waals surface area contributed by atoms with Crippen molar-refractivity contribution in [3.63, 3.8) is 0 Å². The largest absolute Gasteiger partial charge is 0.449 e. The second-order valence-electron chi connectivity index (χ2n) is 13.6. The minimum Gasteiger partial charge on any atom is -0.449 e. The van der Waals surface area contributed by atoms with Gasteiger partial charge in [0.05, 0.1) is 10.9 Å². The third-order valence-electron chi connectivity index (χ3n) is 11.0. The number of ether oxygens (including phenoxy) is 1. The first-order valence-corrected chi connectivity index (χ1v) is 15.8. The molecule has 0 bridgehead atoms. The number of aliphatic hydroxyl groups is 1. The SMILES string of the molecule is CCC(=O)O[C@]1(C(=O)SC(C)(C)C(=O)c2ccccc2)[C@H](C)C[C@H]2[C@@H]3CCC4=CC(=O)C=C[C@]4(C)[C@@]3(F)[C@@H](O)C[C@@]21C. The van der Waals surface area contributed by atoms with Crippen LogP contribution in [0.25, 0.3) is 0 Å². The lowest BCUT2D eigenvalue weighted by atomic mass is 9.45. The minimum atomic E-state index is -2.07. The monoisotopic (exact) mass is 596 g/mol. The van der Waals surface area contributed by atoms with Gasteiger partial charge >= 0.3 is 5.97 Å². The van der Waals surface area contributed by atoms with Gasteiger partial charge in [0.15, 0.2) is 22.8 Å². The molecular formula is C34H41FO6S. The summed E-state index contributed by atoms with van der Waals surface area (Å²) in [5.74, 6) is -2.45. The number of ketones is 2. The number of carbonyl (C=O) groups excluding carboxylic acids is 4. The Morgan fingerprint density at radius 3 is 2.45 bits per heavy atom. The second kappa shape index (κ2) is 10.3. The fraction of sp³-hybridized carbons (Fsp3) is 0.588. The molecule has 0 aliphatic heterocycles. The van der Waals surface area contributed by atoms with E-state index in [1.54, 1.807) is 58.0 Å². The fourth-order valence-electron chi connectivity index (χ4n) is 8.77. The summed E-state index contributed by atoms with van der Waals surface area (Å²) in [4.78, 5) is 53.3. The number of esters is 1. The van der Waals surface area contributed by atoms with Crippen molar-refractivity contribution in [3.05, 3.63) is 59.7 Å². The van der Waals surface area contributed by atoms with Crippen LogP contribution in [0.5, 0.6) is 0 Å². The van der Waals surface area contributed by atoms with Gasteiger partial charge in [-0.25, -0.2) is 4.39 Å². The number of rotatable bonds is 6. The van der Waals surface area contributed by atoms with Gasteiger partial charge in [-0.3, -0.25) is 19.2 Å². The summed E-state index contributed by atoms with van der Waals surface area (Å²) in [7, 11) is 0. The highest BCUT2D eigenvalue weighted by molar-refractivity contribution is 8.15. The third-order valence-corrected chi connectivity index (χ3v) is 12.2. The number of aliphatic hydroxyl groups excluding tert-OH is 1. The van der Waals surface area contributed by atoms with Gasteiger partial charge in [0.25, 0.3) is 0 Å². The Morgan fingerprint density at radius 2 is 1.81 bits per heavy atom. The molecule has 1 aromatic carbocycles. The molecule has 1 N–H and O–H groups in total. The van der Waals surface area contributed by atoms with Crippen LogP contribution in [0, 0.1) is 28.6 Å². The van der Waals surface area contributed by atoms with E-state index in [1.165, 1.54) is 12.2 Å². The molecule has 3 saturated carbocycles. The molecule has 226 valence electrons. The minimum absolute atomic E-state index is 0.0452. The standard InChI is InChI=1S/C34H41FO6S/c1-7-27(38)41-34(29(40)42-30(3,4)28(39)21-11-9-8-10-12-21)20(2)17-25-24-14-13-22-18-23(36)15-16-31(22,5)33(24,35)26(37)19-32(25,34)6/h8-12,15-16,18,20,24-26,37H,7,13-14,17,19H2,1-6H3/t20-,24+,25+,26+,31+,32+,33+,34+/m1/s1. The molecule has 0 amide bonds. The lowest BCUT2D eigenvalue weighted by molar-refractivity contribution is -0.225. The van der Waals surface area contributed by atoms with Crippen LogP contribution in [0.1, 0.15) is 84.0 Å².